The van der Waals surface area contributed by atoms with E-state index in [0.29, 0.717) is 26.2 Å². The van der Waals surface area contributed by atoms with Gasteiger partial charge in [0.05, 0.1) is 0 Å². The molecule has 1 aromatic carbocycles. The van der Waals surface area contributed by atoms with E-state index in [4.69, 9.17) is 0 Å². The molecule has 0 radical (unpaired) electrons. The molecule has 2 aliphatic heterocycles. The molecular formula is C18H26N4O2. The number of rotatable bonds is 3. The van der Waals surface area contributed by atoms with Crippen LogP contribution in [0.5, 0.6) is 0 Å². The molecule has 6 nitrogen and oxygen atoms in total. The number of hydrogen-bond donors (Lipinski definition) is 1. The van der Waals surface area contributed by atoms with Gasteiger partial charge in [0.2, 0.25) is 0 Å². The van der Waals surface area contributed by atoms with E-state index in [2.05, 4.69) is 5.32 Å². The topological polar surface area (TPSA) is 55.9 Å². The van der Waals surface area contributed by atoms with Gasteiger partial charge >= 0.3 is 6.03 Å². The number of hydrogen-bond acceptors (Lipinski definition) is 3. The quantitative estimate of drug-likeness (QED) is 0.914. The third-order valence-electron chi connectivity index (χ3n) is 4.96. The van der Waals surface area contributed by atoms with Gasteiger partial charge < -0.3 is 20.0 Å². The molecule has 0 unspecified atom stereocenters. The molecule has 1 aromatic rings. The molecule has 2 heterocycles. The van der Waals surface area contributed by atoms with Crippen molar-refractivity contribution < 1.29 is 9.59 Å². The van der Waals surface area contributed by atoms with E-state index in [1.165, 1.54) is 11.1 Å². The van der Waals surface area contributed by atoms with Crippen LogP contribution >= 0.6 is 0 Å². The highest BCUT2D eigenvalue weighted by Crippen LogP contribution is 2.19. The van der Waals surface area contributed by atoms with Gasteiger partial charge in [-0.15, -0.1) is 0 Å². The number of fused-ring (bicyclic) bond motifs is 1. The van der Waals surface area contributed by atoms with Gasteiger partial charge in [-0.25, -0.2) is 4.79 Å². The van der Waals surface area contributed by atoms with Crippen molar-refractivity contribution in [2.45, 2.75) is 26.9 Å². The smallest absolute Gasteiger partial charge is 0.320 e. The Kier molecular flexibility index (Phi) is 5.04. The number of nitrogens with zero attached hydrogens (tertiary/aromatic N) is 3. The van der Waals surface area contributed by atoms with Crippen LogP contribution in [0.25, 0.3) is 0 Å². The van der Waals surface area contributed by atoms with Crippen molar-refractivity contribution in [1.82, 2.24) is 20.0 Å². The van der Waals surface area contributed by atoms with Gasteiger partial charge in [0.25, 0.3) is 5.91 Å². The summed E-state index contributed by atoms with van der Waals surface area (Å²) in [7, 11) is 0. The van der Waals surface area contributed by atoms with Crippen LogP contribution in [0, 0.1) is 0 Å². The Bertz CT molecular complexity index is 619. The van der Waals surface area contributed by atoms with Gasteiger partial charge in [-0.1, -0.05) is 6.07 Å². The highest BCUT2D eigenvalue weighted by atomic mass is 16.2. The van der Waals surface area contributed by atoms with Crippen molar-refractivity contribution >= 4 is 11.9 Å². The monoisotopic (exact) mass is 330 g/mol. The zero-order chi connectivity index (χ0) is 17.1. The summed E-state index contributed by atoms with van der Waals surface area (Å²) >= 11 is 0. The summed E-state index contributed by atoms with van der Waals surface area (Å²) in [6, 6.07) is 6.05. The van der Waals surface area contributed by atoms with E-state index >= 15 is 0 Å². The number of amides is 3. The highest BCUT2D eigenvalue weighted by molar-refractivity contribution is 5.94. The van der Waals surface area contributed by atoms with Crippen LogP contribution in [0.2, 0.25) is 0 Å². The van der Waals surface area contributed by atoms with E-state index in [0.717, 1.165) is 31.7 Å². The Morgan fingerprint density at radius 3 is 2.29 bits per heavy atom. The summed E-state index contributed by atoms with van der Waals surface area (Å²) in [5.74, 6) is 0.0691. The second-order valence-electron chi connectivity index (χ2n) is 6.32. The van der Waals surface area contributed by atoms with E-state index in [-0.39, 0.29) is 11.9 Å². The predicted molar refractivity (Wildman–Crippen MR) is 92.8 cm³/mol. The molecule has 1 N–H and O–H groups in total. The Morgan fingerprint density at radius 1 is 1.00 bits per heavy atom. The number of carbonyl (C=O) groups excluding carboxylic acids is 2. The van der Waals surface area contributed by atoms with Gasteiger partial charge in [-0.05, 0) is 37.1 Å². The van der Waals surface area contributed by atoms with E-state index < -0.39 is 0 Å². The standard InChI is InChI=1S/C18H26N4O2/c1-3-20(4-2)18(24)22-9-7-21(8-10-22)17(23)14-5-6-15-12-19-13-16(15)11-14/h5-6,11,19H,3-4,7-10,12-13H2,1-2H3. The lowest BCUT2D eigenvalue weighted by Gasteiger charge is -2.37. The molecule has 0 saturated carbocycles. The summed E-state index contributed by atoms with van der Waals surface area (Å²) in [5, 5.41) is 3.30. The predicted octanol–water partition coefficient (Wildman–Crippen LogP) is 1.51. The maximum Gasteiger partial charge on any atom is 0.320 e. The second kappa shape index (κ2) is 7.21. The first-order chi connectivity index (χ1) is 11.6. The number of piperazine rings is 1. The van der Waals surface area contributed by atoms with Crippen LogP contribution < -0.4 is 5.32 Å². The molecule has 3 rings (SSSR count). The lowest BCUT2D eigenvalue weighted by Crippen LogP contribution is -2.54. The molecular weight excluding hydrogens is 304 g/mol. The van der Waals surface area contributed by atoms with Gasteiger partial charge in [-0.3, -0.25) is 4.79 Å². The third kappa shape index (κ3) is 3.24. The van der Waals surface area contributed by atoms with Crippen molar-refractivity contribution in [3.63, 3.8) is 0 Å². The van der Waals surface area contributed by atoms with E-state index in [9.17, 15) is 9.59 Å². The molecule has 2 aliphatic rings. The molecule has 0 spiro atoms. The lowest BCUT2D eigenvalue weighted by molar-refractivity contribution is 0.0641. The SMILES string of the molecule is CCN(CC)C(=O)N1CCN(C(=O)c2ccc3c(c2)CNC3)CC1. The zero-order valence-electron chi connectivity index (χ0n) is 14.5. The Morgan fingerprint density at radius 2 is 1.62 bits per heavy atom. The molecule has 1 saturated heterocycles. The van der Waals surface area contributed by atoms with Crippen molar-refractivity contribution in [3.8, 4) is 0 Å². The van der Waals surface area contributed by atoms with Crippen LogP contribution in [0.4, 0.5) is 4.79 Å². The lowest BCUT2D eigenvalue weighted by atomic mass is 10.1. The summed E-state index contributed by atoms with van der Waals surface area (Å²) in [5.41, 5.74) is 3.25. The summed E-state index contributed by atoms with van der Waals surface area (Å²) in [4.78, 5) is 30.6. The number of nitrogens with one attached hydrogen (secondary N) is 1. The maximum atomic E-state index is 12.7. The molecule has 1 fully saturated rings. The molecule has 6 heteroatoms. The highest BCUT2D eigenvalue weighted by Gasteiger charge is 2.27. The molecule has 130 valence electrons. The fraction of sp³-hybridized carbons (Fsp3) is 0.556. The zero-order valence-corrected chi connectivity index (χ0v) is 14.5. The summed E-state index contributed by atoms with van der Waals surface area (Å²) < 4.78 is 0. The molecule has 3 amide bonds. The minimum atomic E-state index is 0.0691. The first-order valence-corrected chi connectivity index (χ1v) is 8.79. The minimum absolute atomic E-state index is 0.0691. The third-order valence-corrected chi connectivity index (χ3v) is 4.96. The van der Waals surface area contributed by atoms with Gasteiger partial charge in [0, 0.05) is 57.9 Å². The average Bonchev–Trinajstić information content (AvgIpc) is 3.10. The molecule has 0 aromatic heterocycles. The normalized spacial score (nSPS) is 16.9. The van der Waals surface area contributed by atoms with Crippen LogP contribution in [-0.2, 0) is 13.1 Å². The van der Waals surface area contributed by atoms with Crippen molar-refractivity contribution in [2.24, 2.45) is 0 Å². The van der Waals surface area contributed by atoms with Crippen LogP contribution in [-0.4, -0.2) is 65.9 Å². The van der Waals surface area contributed by atoms with Crippen molar-refractivity contribution in [3.05, 3.63) is 34.9 Å². The molecule has 0 aliphatic carbocycles. The largest absolute Gasteiger partial charge is 0.335 e. The van der Waals surface area contributed by atoms with Gasteiger partial charge in [0.15, 0.2) is 0 Å². The molecule has 24 heavy (non-hydrogen) atoms. The minimum Gasteiger partial charge on any atom is -0.335 e. The van der Waals surface area contributed by atoms with Crippen molar-refractivity contribution in [1.29, 1.82) is 0 Å². The average molecular weight is 330 g/mol. The van der Waals surface area contributed by atoms with E-state index in [1.807, 2.05) is 46.7 Å². The van der Waals surface area contributed by atoms with E-state index in [1.54, 1.807) is 0 Å². The Balaban J connectivity index is 1.60. The summed E-state index contributed by atoms with van der Waals surface area (Å²) in [6.45, 7) is 9.55. The first kappa shape index (κ1) is 16.8. The van der Waals surface area contributed by atoms with Gasteiger partial charge in [-0.2, -0.15) is 0 Å². The summed E-state index contributed by atoms with van der Waals surface area (Å²) in [6.07, 6.45) is 0. The fourth-order valence-corrected chi connectivity index (χ4v) is 3.41. The van der Waals surface area contributed by atoms with Crippen LogP contribution in [0.15, 0.2) is 18.2 Å². The molecule has 0 atom stereocenters. The van der Waals surface area contributed by atoms with Crippen LogP contribution in [0.1, 0.15) is 35.3 Å². The number of benzene rings is 1. The number of carbonyl (C=O) groups is 2. The van der Waals surface area contributed by atoms with Crippen molar-refractivity contribution in [2.75, 3.05) is 39.3 Å². The first-order valence-electron chi connectivity index (χ1n) is 8.79. The fourth-order valence-electron chi connectivity index (χ4n) is 3.41. The van der Waals surface area contributed by atoms with Crippen LogP contribution in [0.3, 0.4) is 0 Å². The van der Waals surface area contributed by atoms with Gasteiger partial charge in [0.1, 0.15) is 0 Å². The maximum absolute atomic E-state index is 12.7. The second-order valence-corrected chi connectivity index (χ2v) is 6.32. The Labute approximate surface area is 143 Å². The number of urea groups is 1. The molecule has 0 bridgehead atoms. The Hall–Kier alpha value is -2.08.